The molecular weight excluding hydrogens is 430 g/mol. The molecular formula is C28H27NO3S. The van der Waals surface area contributed by atoms with Crippen LogP contribution in [0.5, 0.6) is 5.75 Å². The molecule has 0 unspecified atom stereocenters. The fourth-order valence-corrected chi connectivity index (χ4v) is 4.66. The molecule has 4 nitrogen and oxygen atoms in total. The van der Waals surface area contributed by atoms with Crippen molar-refractivity contribution >= 4 is 34.8 Å². The molecule has 0 radical (unpaired) electrons. The van der Waals surface area contributed by atoms with Gasteiger partial charge in [-0.05, 0) is 59.9 Å². The molecule has 0 N–H and O–H groups in total. The maximum atomic E-state index is 13.6. The third-order valence-electron chi connectivity index (χ3n) is 5.44. The number of anilines is 1. The zero-order valence-electron chi connectivity index (χ0n) is 19.1. The third-order valence-corrected chi connectivity index (χ3v) is 6.53. The number of benzene rings is 3. The Labute approximate surface area is 199 Å². The van der Waals surface area contributed by atoms with Crippen LogP contribution in [0.3, 0.4) is 0 Å². The average molecular weight is 458 g/mol. The molecule has 0 aliphatic carbocycles. The number of carbonyl (C=O) groups excluding carboxylic acids is 2. The van der Waals surface area contributed by atoms with Crippen LogP contribution in [0.2, 0.25) is 0 Å². The van der Waals surface area contributed by atoms with Crippen LogP contribution in [0.4, 0.5) is 5.69 Å². The van der Waals surface area contributed by atoms with Crippen LogP contribution in [0.1, 0.15) is 44.2 Å². The van der Waals surface area contributed by atoms with Gasteiger partial charge >= 0.3 is 0 Å². The number of hydrogen-bond donors (Lipinski definition) is 0. The minimum absolute atomic E-state index is 0.299. The molecule has 0 bridgehead atoms. The van der Waals surface area contributed by atoms with Gasteiger partial charge in [0.05, 0.1) is 22.8 Å². The highest BCUT2D eigenvalue weighted by Gasteiger charge is 2.40. The Morgan fingerprint density at radius 3 is 2.12 bits per heavy atom. The number of ether oxygens (including phenoxy) is 1. The molecule has 1 aliphatic rings. The molecule has 2 amide bonds. The highest BCUT2D eigenvalue weighted by atomic mass is 32.2. The fraction of sp³-hybridized carbons (Fsp3) is 0.214. The number of rotatable bonds is 8. The van der Waals surface area contributed by atoms with Crippen LogP contribution >= 0.6 is 11.8 Å². The van der Waals surface area contributed by atoms with Crippen molar-refractivity contribution in [3.63, 3.8) is 0 Å². The highest BCUT2D eigenvalue weighted by molar-refractivity contribution is 8.04. The summed E-state index contributed by atoms with van der Waals surface area (Å²) in [6.45, 7) is 6.92. The quantitative estimate of drug-likeness (QED) is 0.354. The summed E-state index contributed by atoms with van der Waals surface area (Å²) >= 11 is 1.33. The second-order valence-corrected chi connectivity index (χ2v) is 9.27. The third kappa shape index (κ3) is 4.88. The van der Waals surface area contributed by atoms with Crippen LogP contribution in [0, 0.1) is 0 Å². The summed E-state index contributed by atoms with van der Waals surface area (Å²) in [5.41, 5.74) is 2.87. The largest absolute Gasteiger partial charge is 0.494 e. The van der Waals surface area contributed by atoms with Crippen molar-refractivity contribution in [3.8, 4) is 5.75 Å². The molecule has 3 aromatic rings. The van der Waals surface area contributed by atoms with E-state index < -0.39 is 0 Å². The van der Waals surface area contributed by atoms with Gasteiger partial charge in [-0.2, -0.15) is 0 Å². The monoisotopic (exact) mass is 457 g/mol. The minimum Gasteiger partial charge on any atom is -0.494 e. The highest BCUT2D eigenvalue weighted by Crippen LogP contribution is 2.41. The van der Waals surface area contributed by atoms with Crippen molar-refractivity contribution in [2.45, 2.75) is 38.0 Å². The van der Waals surface area contributed by atoms with Gasteiger partial charge < -0.3 is 4.74 Å². The Bertz CT molecular complexity index is 1170. The second-order valence-electron chi connectivity index (χ2n) is 8.18. The Hall–Kier alpha value is -3.31. The number of nitrogens with zero attached hydrogens (tertiary/aromatic N) is 1. The first kappa shape index (κ1) is 22.9. The summed E-state index contributed by atoms with van der Waals surface area (Å²) in [5.74, 6) is 0.511. The van der Waals surface area contributed by atoms with Crippen molar-refractivity contribution < 1.29 is 14.3 Å². The summed E-state index contributed by atoms with van der Waals surface area (Å²) in [4.78, 5) is 29.8. The molecule has 4 rings (SSSR count). The molecule has 33 heavy (non-hydrogen) atoms. The van der Waals surface area contributed by atoms with E-state index in [2.05, 4.69) is 20.8 Å². The lowest BCUT2D eigenvalue weighted by atomic mass is 10.0. The minimum atomic E-state index is -0.307. The first-order valence-electron chi connectivity index (χ1n) is 11.2. The van der Waals surface area contributed by atoms with Crippen LogP contribution in [-0.4, -0.2) is 18.4 Å². The van der Waals surface area contributed by atoms with Crippen molar-refractivity contribution in [1.82, 2.24) is 0 Å². The Kier molecular flexibility index (Phi) is 6.99. The van der Waals surface area contributed by atoms with Gasteiger partial charge in [-0.1, -0.05) is 75.0 Å². The number of hydrogen-bond acceptors (Lipinski definition) is 4. The number of imide groups is 1. The molecule has 0 saturated heterocycles. The smallest absolute Gasteiger partial charge is 0.272 e. The molecule has 0 fully saturated rings. The van der Waals surface area contributed by atoms with Gasteiger partial charge in [0.2, 0.25) is 0 Å². The molecule has 0 aromatic heterocycles. The van der Waals surface area contributed by atoms with E-state index in [9.17, 15) is 9.59 Å². The van der Waals surface area contributed by atoms with Crippen LogP contribution in [0.25, 0.3) is 5.57 Å². The lowest BCUT2D eigenvalue weighted by Crippen LogP contribution is -2.31. The van der Waals surface area contributed by atoms with Gasteiger partial charge in [0.1, 0.15) is 5.75 Å². The standard InChI is InChI=1S/C28H27NO3S/c1-4-18-32-23-16-12-21(13-17-23)25-26(33-24-8-6-5-7-9-24)28(31)29(27(25)30)22-14-10-20(11-15-22)19(2)3/h5-17,19H,4,18H2,1-3H3. The van der Waals surface area contributed by atoms with Gasteiger partial charge in [0.25, 0.3) is 11.8 Å². The second kappa shape index (κ2) is 10.1. The normalized spacial score (nSPS) is 13.9. The van der Waals surface area contributed by atoms with E-state index in [0.717, 1.165) is 22.6 Å². The lowest BCUT2D eigenvalue weighted by molar-refractivity contribution is -0.119. The molecule has 1 aliphatic heterocycles. The van der Waals surface area contributed by atoms with E-state index >= 15 is 0 Å². The van der Waals surface area contributed by atoms with Gasteiger partial charge in [-0.25, -0.2) is 4.90 Å². The average Bonchev–Trinajstić information content (AvgIpc) is 3.08. The van der Waals surface area contributed by atoms with Crippen molar-refractivity contribution in [2.75, 3.05) is 11.5 Å². The number of amides is 2. The van der Waals surface area contributed by atoms with Crippen molar-refractivity contribution in [3.05, 3.63) is 94.9 Å². The van der Waals surface area contributed by atoms with E-state index in [1.165, 1.54) is 16.7 Å². The number of carbonyl (C=O) groups is 2. The van der Waals surface area contributed by atoms with Crippen LogP contribution < -0.4 is 9.64 Å². The zero-order chi connectivity index (χ0) is 23.4. The van der Waals surface area contributed by atoms with Gasteiger partial charge in [0, 0.05) is 4.90 Å². The maximum Gasteiger partial charge on any atom is 0.272 e. The van der Waals surface area contributed by atoms with Gasteiger partial charge in [-0.15, -0.1) is 0 Å². The summed E-state index contributed by atoms with van der Waals surface area (Å²) < 4.78 is 5.68. The summed E-state index contributed by atoms with van der Waals surface area (Å²) in [7, 11) is 0. The first-order valence-corrected chi connectivity index (χ1v) is 12.0. The van der Waals surface area contributed by atoms with E-state index in [4.69, 9.17) is 4.74 Å². The molecule has 0 saturated carbocycles. The summed E-state index contributed by atoms with van der Waals surface area (Å²) in [6.07, 6.45) is 0.919. The molecule has 0 spiro atoms. The predicted octanol–water partition coefficient (Wildman–Crippen LogP) is 6.68. The van der Waals surface area contributed by atoms with E-state index in [0.29, 0.717) is 34.3 Å². The maximum absolute atomic E-state index is 13.6. The van der Waals surface area contributed by atoms with E-state index in [-0.39, 0.29) is 11.8 Å². The first-order chi connectivity index (χ1) is 16.0. The molecule has 0 atom stereocenters. The van der Waals surface area contributed by atoms with Gasteiger partial charge in [-0.3, -0.25) is 9.59 Å². The number of thioether (sulfide) groups is 1. The topological polar surface area (TPSA) is 46.6 Å². The molecule has 3 aromatic carbocycles. The SMILES string of the molecule is CCCOc1ccc(C2=C(Sc3ccccc3)C(=O)N(c3ccc(C(C)C)cc3)C2=O)cc1. The van der Waals surface area contributed by atoms with Crippen LogP contribution in [0.15, 0.2) is 88.7 Å². The molecule has 1 heterocycles. The Balaban J connectivity index is 1.73. The lowest BCUT2D eigenvalue weighted by Gasteiger charge is -2.16. The predicted molar refractivity (Wildman–Crippen MR) is 134 cm³/mol. The molecule has 168 valence electrons. The van der Waals surface area contributed by atoms with Gasteiger partial charge in [0.15, 0.2) is 0 Å². The Morgan fingerprint density at radius 1 is 0.848 bits per heavy atom. The van der Waals surface area contributed by atoms with E-state index in [1.807, 2.05) is 78.9 Å². The summed E-state index contributed by atoms with van der Waals surface area (Å²) in [6, 6.07) is 24.7. The zero-order valence-corrected chi connectivity index (χ0v) is 19.9. The van der Waals surface area contributed by atoms with E-state index in [1.54, 1.807) is 0 Å². The van der Waals surface area contributed by atoms with Crippen molar-refractivity contribution in [1.29, 1.82) is 0 Å². The molecule has 5 heteroatoms. The summed E-state index contributed by atoms with van der Waals surface area (Å²) in [5, 5.41) is 0. The Morgan fingerprint density at radius 2 is 1.52 bits per heavy atom. The van der Waals surface area contributed by atoms with Crippen molar-refractivity contribution in [2.24, 2.45) is 0 Å². The van der Waals surface area contributed by atoms with Crippen LogP contribution in [-0.2, 0) is 9.59 Å². The fourth-order valence-electron chi connectivity index (χ4n) is 3.65.